The topological polar surface area (TPSA) is 84.7 Å². The molecule has 2 aliphatic heterocycles. The number of nitrogens with two attached hydrogens (primary N) is 1. The van der Waals surface area contributed by atoms with Gasteiger partial charge >= 0.3 is 0 Å². The first-order valence-corrected chi connectivity index (χ1v) is 7.09. The van der Waals surface area contributed by atoms with Gasteiger partial charge in [-0.25, -0.2) is 0 Å². The van der Waals surface area contributed by atoms with Crippen LogP contribution < -0.4 is 16.0 Å². The fourth-order valence-corrected chi connectivity index (χ4v) is 2.82. The lowest BCUT2D eigenvalue weighted by Gasteiger charge is -2.21. The Labute approximate surface area is 123 Å². The maximum Gasteiger partial charge on any atom is 0.246 e. The molecule has 6 heteroatoms. The molecule has 1 aromatic carbocycles. The number of carbonyl (C=O) groups is 2. The Morgan fingerprint density at radius 3 is 2.90 bits per heavy atom. The molecule has 0 aromatic heterocycles. The van der Waals surface area contributed by atoms with Crippen LogP contribution in [0.1, 0.15) is 18.9 Å². The van der Waals surface area contributed by atoms with Gasteiger partial charge in [0, 0.05) is 31.5 Å². The quantitative estimate of drug-likeness (QED) is 0.837. The lowest BCUT2D eigenvalue weighted by molar-refractivity contribution is -0.121. The summed E-state index contributed by atoms with van der Waals surface area (Å²) < 4.78 is 5.20. The van der Waals surface area contributed by atoms with Crippen LogP contribution in [0.25, 0.3) is 0 Å². The molecule has 1 fully saturated rings. The van der Waals surface area contributed by atoms with E-state index >= 15 is 0 Å². The monoisotopic (exact) mass is 289 g/mol. The normalized spacial score (nSPS) is 24.0. The minimum atomic E-state index is -0.940. The highest BCUT2D eigenvalue weighted by molar-refractivity contribution is 5.99. The van der Waals surface area contributed by atoms with Crippen LogP contribution in [0.2, 0.25) is 0 Å². The van der Waals surface area contributed by atoms with E-state index in [1.807, 2.05) is 12.1 Å². The predicted molar refractivity (Wildman–Crippen MR) is 79.2 cm³/mol. The zero-order valence-electron chi connectivity index (χ0n) is 12.0. The first kappa shape index (κ1) is 14.0. The van der Waals surface area contributed by atoms with Gasteiger partial charge < -0.3 is 20.7 Å². The van der Waals surface area contributed by atoms with E-state index in [0.29, 0.717) is 25.3 Å². The van der Waals surface area contributed by atoms with Crippen LogP contribution in [0.15, 0.2) is 18.2 Å². The number of benzene rings is 1. The summed E-state index contributed by atoms with van der Waals surface area (Å²) in [5.74, 6) is -0.184. The second kappa shape index (κ2) is 5.13. The minimum Gasteiger partial charge on any atom is -0.379 e. The van der Waals surface area contributed by atoms with Crippen LogP contribution in [0, 0.1) is 0 Å². The third-order valence-electron chi connectivity index (χ3n) is 4.12. The van der Waals surface area contributed by atoms with Gasteiger partial charge in [0.15, 0.2) is 0 Å². The molecule has 6 nitrogen and oxygen atoms in total. The molecular weight excluding hydrogens is 270 g/mol. The number of carbonyl (C=O) groups excluding carboxylic acids is 2. The summed E-state index contributed by atoms with van der Waals surface area (Å²) in [5, 5.41) is 2.85. The molecule has 2 heterocycles. The van der Waals surface area contributed by atoms with Crippen LogP contribution in [-0.2, 0) is 20.7 Å². The highest BCUT2D eigenvalue weighted by Crippen LogP contribution is 2.31. The standard InChI is InChI=1S/C15H19N3O3/c1-10(19)18-6-4-11-8-12(2-3-13(11)18)17-14(20)15(16)5-7-21-9-15/h2-3,8H,4-7,9,16H2,1H3,(H,17,20). The number of amides is 2. The fourth-order valence-electron chi connectivity index (χ4n) is 2.82. The zero-order chi connectivity index (χ0) is 15.0. The van der Waals surface area contributed by atoms with Crippen molar-refractivity contribution in [3.05, 3.63) is 23.8 Å². The Kier molecular flexibility index (Phi) is 3.43. The molecule has 0 saturated carbocycles. The smallest absolute Gasteiger partial charge is 0.246 e. The lowest BCUT2D eigenvalue weighted by atomic mass is 9.99. The van der Waals surface area contributed by atoms with Crippen LogP contribution in [0.4, 0.5) is 11.4 Å². The number of anilines is 2. The molecule has 0 spiro atoms. The fraction of sp³-hybridized carbons (Fsp3) is 0.467. The summed E-state index contributed by atoms with van der Waals surface area (Å²) >= 11 is 0. The van der Waals surface area contributed by atoms with Gasteiger partial charge in [0.25, 0.3) is 0 Å². The van der Waals surface area contributed by atoms with E-state index in [0.717, 1.165) is 17.7 Å². The summed E-state index contributed by atoms with van der Waals surface area (Å²) in [6.07, 6.45) is 1.33. The van der Waals surface area contributed by atoms with Crippen molar-refractivity contribution in [2.45, 2.75) is 25.3 Å². The molecule has 3 N–H and O–H groups in total. The molecule has 3 rings (SSSR count). The molecule has 1 aromatic rings. The third kappa shape index (κ3) is 2.52. The van der Waals surface area contributed by atoms with Gasteiger partial charge in [-0.3, -0.25) is 9.59 Å². The van der Waals surface area contributed by atoms with Gasteiger partial charge in [-0.1, -0.05) is 0 Å². The number of hydrogen-bond acceptors (Lipinski definition) is 4. The van der Waals surface area contributed by atoms with Crippen molar-refractivity contribution in [2.24, 2.45) is 5.73 Å². The maximum atomic E-state index is 12.2. The zero-order valence-corrected chi connectivity index (χ0v) is 12.0. The average Bonchev–Trinajstić information content (AvgIpc) is 3.05. The highest BCUT2D eigenvalue weighted by Gasteiger charge is 2.38. The van der Waals surface area contributed by atoms with E-state index in [1.165, 1.54) is 0 Å². The molecule has 2 amide bonds. The predicted octanol–water partition coefficient (Wildman–Crippen LogP) is 0.652. The molecule has 0 bridgehead atoms. The Morgan fingerprint density at radius 1 is 1.43 bits per heavy atom. The molecule has 1 atom stereocenters. The average molecular weight is 289 g/mol. The number of nitrogens with one attached hydrogen (secondary N) is 1. The van der Waals surface area contributed by atoms with E-state index in [2.05, 4.69) is 5.32 Å². The van der Waals surface area contributed by atoms with Gasteiger partial charge in [-0.05, 0) is 36.6 Å². The number of nitrogens with zero attached hydrogens (tertiary/aromatic N) is 1. The van der Waals surface area contributed by atoms with Crippen molar-refractivity contribution in [3.8, 4) is 0 Å². The van der Waals surface area contributed by atoms with E-state index in [-0.39, 0.29) is 18.4 Å². The first-order valence-electron chi connectivity index (χ1n) is 7.09. The van der Waals surface area contributed by atoms with E-state index in [9.17, 15) is 9.59 Å². The molecule has 0 radical (unpaired) electrons. The molecular formula is C15H19N3O3. The Morgan fingerprint density at radius 2 is 2.24 bits per heavy atom. The second-order valence-electron chi connectivity index (χ2n) is 5.68. The summed E-state index contributed by atoms with van der Waals surface area (Å²) in [4.78, 5) is 25.5. The molecule has 1 unspecified atom stereocenters. The number of rotatable bonds is 2. The lowest BCUT2D eigenvalue weighted by Crippen LogP contribution is -2.51. The molecule has 112 valence electrons. The molecule has 0 aliphatic carbocycles. The Balaban J connectivity index is 1.76. The largest absolute Gasteiger partial charge is 0.379 e. The van der Waals surface area contributed by atoms with Crippen LogP contribution >= 0.6 is 0 Å². The van der Waals surface area contributed by atoms with E-state index in [4.69, 9.17) is 10.5 Å². The van der Waals surface area contributed by atoms with E-state index in [1.54, 1.807) is 17.9 Å². The SMILES string of the molecule is CC(=O)N1CCc2cc(NC(=O)C3(N)CCOC3)ccc21. The molecule has 21 heavy (non-hydrogen) atoms. The van der Waals surface area contributed by atoms with Crippen molar-refractivity contribution in [1.29, 1.82) is 0 Å². The van der Waals surface area contributed by atoms with Gasteiger partial charge in [0.05, 0.1) is 6.61 Å². The highest BCUT2D eigenvalue weighted by atomic mass is 16.5. The Hall–Kier alpha value is -1.92. The number of fused-ring (bicyclic) bond motifs is 1. The van der Waals surface area contributed by atoms with Gasteiger partial charge in [0.2, 0.25) is 11.8 Å². The molecule has 2 aliphatic rings. The number of ether oxygens (including phenoxy) is 1. The second-order valence-corrected chi connectivity index (χ2v) is 5.68. The van der Waals surface area contributed by atoms with Gasteiger partial charge in [0.1, 0.15) is 5.54 Å². The maximum absolute atomic E-state index is 12.2. The van der Waals surface area contributed by atoms with Crippen molar-refractivity contribution in [3.63, 3.8) is 0 Å². The van der Waals surface area contributed by atoms with Crippen molar-refractivity contribution in [1.82, 2.24) is 0 Å². The van der Waals surface area contributed by atoms with Crippen LogP contribution in [0.5, 0.6) is 0 Å². The third-order valence-corrected chi connectivity index (χ3v) is 4.12. The molecule has 1 saturated heterocycles. The summed E-state index contributed by atoms with van der Waals surface area (Å²) in [6.45, 7) is 3.02. The van der Waals surface area contributed by atoms with Crippen molar-refractivity contribution < 1.29 is 14.3 Å². The van der Waals surface area contributed by atoms with E-state index < -0.39 is 5.54 Å². The first-order chi connectivity index (χ1) is 9.99. The van der Waals surface area contributed by atoms with Crippen molar-refractivity contribution in [2.75, 3.05) is 30.0 Å². The Bertz CT molecular complexity index is 594. The summed E-state index contributed by atoms with van der Waals surface area (Å²) in [7, 11) is 0. The van der Waals surface area contributed by atoms with Gasteiger partial charge in [-0.2, -0.15) is 0 Å². The summed E-state index contributed by atoms with van der Waals surface area (Å²) in [6, 6.07) is 5.58. The van der Waals surface area contributed by atoms with Crippen LogP contribution in [-0.4, -0.2) is 37.1 Å². The van der Waals surface area contributed by atoms with Gasteiger partial charge in [-0.15, -0.1) is 0 Å². The number of hydrogen-bond donors (Lipinski definition) is 2. The van der Waals surface area contributed by atoms with Crippen molar-refractivity contribution >= 4 is 23.2 Å². The minimum absolute atomic E-state index is 0.0366. The summed E-state index contributed by atoms with van der Waals surface area (Å²) in [5.41, 5.74) is 7.79. The van der Waals surface area contributed by atoms with Crippen LogP contribution in [0.3, 0.4) is 0 Å².